The number of carbonyl (C=O) groups excluding carboxylic acids is 5. The van der Waals surface area contributed by atoms with E-state index < -0.39 is 46.8 Å². The van der Waals surface area contributed by atoms with Gasteiger partial charge >= 0.3 is 23.9 Å². The van der Waals surface area contributed by atoms with E-state index in [9.17, 15) is 24.0 Å². The number of benzene rings is 1. The number of esters is 4. The summed E-state index contributed by atoms with van der Waals surface area (Å²) in [5.74, 6) is -3.10. The maximum Gasteiger partial charge on any atom is 0.355 e. The molecule has 188 valence electrons. The van der Waals surface area contributed by atoms with Gasteiger partial charge in [-0.25, -0.2) is 9.59 Å². The van der Waals surface area contributed by atoms with Crippen LogP contribution in [0.1, 0.15) is 45.0 Å². The molecule has 3 rings (SSSR count). The summed E-state index contributed by atoms with van der Waals surface area (Å²) in [6.45, 7) is 7.14. The third kappa shape index (κ3) is 6.01. The largest absolute Gasteiger partial charge is 0.457 e. The van der Waals surface area contributed by atoms with E-state index >= 15 is 0 Å². The summed E-state index contributed by atoms with van der Waals surface area (Å²) in [6.07, 6.45) is 0. The summed E-state index contributed by atoms with van der Waals surface area (Å²) >= 11 is 1.35. The minimum Gasteiger partial charge on any atom is -0.457 e. The Bertz CT molecular complexity index is 1120. The van der Waals surface area contributed by atoms with Gasteiger partial charge in [0, 0.05) is 25.2 Å². The molecule has 0 radical (unpaired) electrons. The Morgan fingerprint density at radius 1 is 1.06 bits per heavy atom. The van der Waals surface area contributed by atoms with Crippen LogP contribution in [0, 0.1) is 0 Å². The first-order valence-corrected chi connectivity index (χ1v) is 11.7. The summed E-state index contributed by atoms with van der Waals surface area (Å²) in [6, 6.07) is 3.11. The van der Waals surface area contributed by atoms with Gasteiger partial charge in [0.15, 0.2) is 11.5 Å². The molecule has 0 aliphatic carbocycles. The van der Waals surface area contributed by atoms with Crippen molar-refractivity contribution in [1.29, 1.82) is 0 Å². The lowest BCUT2D eigenvalue weighted by Gasteiger charge is -2.48. The van der Waals surface area contributed by atoms with E-state index in [0.29, 0.717) is 11.3 Å². The van der Waals surface area contributed by atoms with Gasteiger partial charge in [0.1, 0.15) is 29.3 Å². The highest BCUT2D eigenvalue weighted by atomic mass is 32.2. The van der Waals surface area contributed by atoms with Crippen LogP contribution in [-0.2, 0) is 28.7 Å². The normalized spacial score (nSPS) is 19.4. The second kappa shape index (κ2) is 10.1. The third-order valence-electron chi connectivity index (χ3n) is 4.74. The molecule has 1 fully saturated rings. The highest BCUT2D eigenvalue weighted by Crippen LogP contribution is 2.40. The molecule has 0 saturated carbocycles. The van der Waals surface area contributed by atoms with Gasteiger partial charge in [-0.15, -0.1) is 11.8 Å². The van der Waals surface area contributed by atoms with Gasteiger partial charge in [0.2, 0.25) is 5.91 Å². The van der Waals surface area contributed by atoms with Gasteiger partial charge in [-0.3, -0.25) is 19.3 Å². The van der Waals surface area contributed by atoms with Crippen LogP contribution in [0.2, 0.25) is 0 Å². The maximum absolute atomic E-state index is 12.9. The molecule has 2 atom stereocenters. The number of rotatable bonds is 6. The zero-order valence-corrected chi connectivity index (χ0v) is 20.7. The molecule has 1 saturated heterocycles. The number of hydrogen-bond acceptors (Lipinski definition) is 11. The summed E-state index contributed by atoms with van der Waals surface area (Å²) in [5, 5.41) is -0.399. The number of nitrogens with two attached hydrogens (primary N) is 1. The molecule has 2 aliphatic rings. The van der Waals surface area contributed by atoms with Crippen LogP contribution >= 0.6 is 11.8 Å². The number of ether oxygens (including phenoxy) is 4. The lowest BCUT2D eigenvalue weighted by Crippen LogP contribution is -2.68. The number of β-lactam (4-membered cyclic amide) rings is 1. The van der Waals surface area contributed by atoms with Crippen molar-refractivity contribution in [2.24, 2.45) is 5.73 Å². The number of nitrogens with zero attached hydrogens (tertiary/aromatic N) is 1. The third-order valence-corrected chi connectivity index (χ3v) is 6.11. The monoisotopic (exact) mass is 506 g/mol. The van der Waals surface area contributed by atoms with Gasteiger partial charge in [0.25, 0.3) is 0 Å². The first kappa shape index (κ1) is 26.2. The zero-order chi connectivity index (χ0) is 26.1. The molecule has 2 heterocycles. The highest BCUT2D eigenvalue weighted by Gasteiger charge is 2.52. The van der Waals surface area contributed by atoms with Crippen molar-refractivity contribution in [1.82, 2.24) is 4.90 Å². The van der Waals surface area contributed by atoms with E-state index in [2.05, 4.69) is 0 Å². The fraction of sp³-hybridized carbons (Fsp3) is 0.435. The molecule has 0 spiro atoms. The summed E-state index contributed by atoms with van der Waals surface area (Å²) < 4.78 is 20.9. The summed E-state index contributed by atoms with van der Waals surface area (Å²) in [5.41, 5.74) is 5.49. The number of amides is 1. The van der Waals surface area contributed by atoms with Crippen molar-refractivity contribution in [2.75, 3.05) is 12.4 Å². The highest BCUT2D eigenvalue weighted by molar-refractivity contribution is 8.00. The van der Waals surface area contributed by atoms with E-state index in [1.54, 1.807) is 20.8 Å². The fourth-order valence-electron chi connectivity index (χ4n) is 3.35. The SMILES string of the molecule is CC(=O)Oc1ccc(C(=O)OCC2=C(C(=O)OC(C)(C)C)N3C(=O)C(N)[C@H]3SC2)cc1OC(C)=O. The van der Waals surface area contributed by atoms with Crippen LogP contribution in [0.3, 0.4) is 0 Å². The Kier molecular flexibility index (Phi) is 7.56. The molecule has 0 aromatic heterocycles. The fourth-order valence-corrected chi connectivity index (χ4v) is 4.62. The van der Waals surface area contributed by atoms with Crippen molar-refractivity contribution >= 4 is 41.5 Å². The molecule has 1 aromatic rings. The zero-order valence-electron chi connectivity index (χ0n) is 19.9. The minimum atomic E-state index is -0.807. The Morgan fingerprint density at radius 3 is 2.29 bits per heavy atom. The molecule has 0 bridgehead atoms. The Morgan fingerprint density at radius 2 is 1.69 bits per heavy atom. The first-order chi connectivity index (χ1) is 16.3. The maximum atomic E-state index is 12.9. The molecule has 11 nitrogen and oxygen atoms in total. The molecule has 35 heavy (non-hydrogen) atoms. The van der Waals surface area contributed by atoms with E-state index in [-0.39, 0.29) is 29.4 Å². The molecule has 2 aliphatic heterocycles. The van der Waals surface area contributed by atoms with Gasteiger partial charge in [-0.1, -0.05) is 0 Å². The number of carbonyl (C=O) groups is 5. The second-order valence-electron chi connectivity index (χ2n) is 8.81. The Labute approximate surface area is 205 Å². The second-order valence-corrected chi connectivity index (χ2v) is 9.92. The number of hydrogen-bond donors (Lipinski definition) is 1. The molecule has 2 N–H and O–H groups in total. The van der Waals surface area contributed by atoms with E-state index in [0.717, 1.165) is 6.92 Å². The lowest BCUT2D eigenvalue weighted by atomic mass is 10.0. The van der Waals surface area contributed by atoms with Crippen LogP contribution in [-0.4, -0.2) is 64.1 Å². The minimum absolute atomic E-state index is 0.0139. The number of thioether (sulfide) groups is 1. The molecule has 1 unspecified atom stereocenters. The van der Waals surface area contributed by atoms with Crippen LogP contribution in [0.15, 0.2) is 29.5 Å². The van der Waals surface area contributed by atoms with Crippen molar-refractivity contribution in [2.45, 2.75) is 51.6 Å². The lowest BCUT2D eigenvalue weighted by molar-refractivity contribution is -0.158. The smallest absolute Gasteiger partial charge is 0.355 e. The standard InChI is InChI=1S/C23H26N2O9S/c1-11(26)32-15-7-6-13(8-16(15)33-12(2)27)21(29)31-9-14-10-35-20-17(24)19(28)25(20)18(14)22(30)34-23(3,4)5/h6-8,17,20H,9-10,24H2,1-5H3/t17?,20-/m1/s1. The Hall–Kier alpha value is -3.38. The van der Waals surface area contributed by atoms with E-state index in [1.807, 2.05) is 0 Å². The van der Waals surface area contributed by atoms with Crippen LogP contribution in [0.5, 0.6) is 11.5 Å². The van der Waals surface area contributed by atoms with Crippen LogP contribution in [0.25, 0.3) is 0 Å². The molecular weight excluding hydrogens is 480 g/mol. The summed E-state index contributed by atoms with van der Waals surface area (Å²) in [4.78, 5) is 62.0. The van der Waals surface area contributed by atoms with E-state index in [4.69, 9.17) is 24.7 Å². The molecule has 1 amide bonds. The van der Waals surface area contributed by atoms with Gasteiger partial charge < -0.3 is 24.7 Å². The molecule has 1 aromatic carbocycles. The van der Waals surface area contributed by atoms with Crippen molar-refractivity contribution in [3.63, 3.8) is 0 Å². The van der Waals surface area contributed by atoms with E-state index in [1.165, 1.54) is 41.8 Å². The molecular formula is C23H26N2O9S. The summed E-state index contributed by atoms with van der Waals surface area (Å²) in [7, 11) is 0. The topological polar surface area (TPSA) is 152 Å². The van der Waals surface area contributed by atoms with Crippen LogP contribution < -0.4 is 15.2 Å². The molecule has 12 heteroatoms. The van der Waals surface area contributed by atoms with Crippen molar-refractivity contribution in [3.8, 4) is 11.5 Å². The first-order valence-electron chi connectivity index (χ1n) is 10.6. The van der Waals surface area contributed by atoms with Crippen LogP contribution in [0.4, 0.5) is 0 Å². The average Bonchev–Trinajstić information content (AvgIpc) is 2.75. The van der Waals surface area contributed by atoms with Crippen molar-refractivity contribution < 1.29 is 42.9 Å². The quantitative estimate of drug-likeness (QED) is 0.340. The van der Waals surface area contributed by atoms with Gasteiger partial charge in [0.05, 0.1) is 5.56 Å². The average molecular weight is 507 g/mol. The van der Waals surface area contributed by atoms with Gasteiger partial charge in [-0.05, 0) is 39.0 Å². The van der Waals surface area contributed by atoms with Crippen molar-refractivity contribution in [3.05, 3.63) is 35.0 Å². The predicted octanol–water partition coefficient (Wildman–Crippen LogP) is 1.53. The Balaban J connectivity index is 1.83. The predicted molar refractivity (Wildman–Crippen MR) is 123 cm³/mol. The van der Waals surface area contributed by atoms with Gasteiger partial charge in [-0.2, -0.15) is 0 Å². The number of fused-ring (bicyclic) bond motifs is 1.